The van der Waals surface area contributed by atoms with Crippen molar-refractivity contribution in [2.75, 3.05) is 19.5 Å². The normalized spacial score (nSPS) is 11.4. The van der Waals surface area contributed by atoms with E-state index in [1.165, 1.54) is 22.8 Å². The molecule has 1 atom stereocenters. The van der Waals surface area contributed by atoms with E-state index in [0.29, 0.717) is 16.0 Å². The highest BCUT2D eigenvalue weighted by atomic mass is 79.9. The Balaban J connectivity index is 2.09. The van der Waals surface area contributed by atoms with Gasteiger partial charge in [0.05, 0.1) is 18.4 Å². The summed E-state index contributed by atoms with van der Waals surface area (Å²) in [7, 11) is 3.16. The van der Waals surface area contributed by atoms with Crippen LogP contribution in [0.2, 0.25) is 0 Å². The number of anilines is 1. The number of hydrogen-bond acceptors (Lipinski definition) is 7. The van der Waals surface area contributed by atoms with Crippen LogP contribution in [0.15, 0.2) is 41.2 Å². The number of rotatable bonds is 8. The van der Waals surface area contributed by atoms with Gasteiger partial charge in [0.1, 0.15) is 23.0 Å². The molecule has 0 saturated carbocycles. The standard InChI is InChI=1S/C18H19BrFN7O2/c1-10(14(6-20)29-17-16(22)23-8-15(19)24-17)11(2)18(28)26(3)9-12-5-13(7-21)27(4)25-12/h5,8,14H,1-2,6,9H2,3-4H3,(H2,22,23). The second kappa shape index (κ2) is 9.29. The van der Waals surface area contributed by atoms with Gasteiger partial charge in [-0.15, -0.1) is 0 Å². The molecule has 152 valence electrons. The van der Waals surface area contributed by atoms with E-state index in [2.05, 4.69) is 44.2 Å². The number of aryl methyl sites for hydroxylation is 1. The number of carbonyl (C=O) groups is 1. The van der Waals surface area contributed by atoms with Gasteiger partial charge in [-0.1, -0.05) is 13.2 Å². The molecule has 0 aliphatic carbocycles. The van der Waals surface area contributed by atoms with Gasteiger partial charge in [-0.25, -0.2) is 14.4 Å². The van der Waals surface area contributed by atoms with Gasteiger partial charge < -0.3 is 15.4 Å². The van der Waals surface area contributed by atoms with E-state index < -0.39 is 18.7 Å². The Kier molecular flexibility index (Phi) is 7.06. The molecule has 2 rings (SSSR count). The van der Waals surface area contributed by atoms with Gasteiger partial charge in [0.15, 0.2) is 11.9 Å². The van der Waals surface area contributed by atoms with E-state index in [0.717, 1.165) is 0 Å². The van der Waals surface area contributed by atoms with Crippen molar-refractivity contribution in [1.82, 2.24) is 24.6 Å². The smallest absolute Gasteiger partial charge is 0.259 e. The van der Waals surface area contributed by atoms with Gasteiger partial charge in [-0.3, -0.25) is 9.48 Å². The lowest BCUT2D eigenvalue weighted by molar-refractivity contribution is -0.126. The maximum atomic E-state index is 13.6. The molecule has 11 heteroatoms. The fourth-order valence-electron chi connectivity index (χ4n) is 2.36. The summed E-state index contributed by atoms with van der Waals surface area (Å²) >= 11 is 3.13. The molecular formula is C18H19BrFN7O2. The minimum absolute atomic E-state index is 0.0306. The van der Waals surface area contributed by atoms with Crippen LogP contribution in [0.3, 0.4) is 0 Å². The van der Waals surface area contributed by atoms with Crippen LogP contribution in [-0.4, -0.2) is 50.4 Å². The zero-order chi connectivity index (χ0) is 21.7. The molecule has 2 aromatic rings. The molecule has 9 nitrogen and oxygen atoms in total. The van der Waals surface area contributed by atoms with E-state index in [9.17, 15) is 9.18 Å². The van der Waals surface area contributed by atoms with Crippen molar-refractivity contribution in [3.8, 4) is 11.9 Å². The lowest BCUT2D eigenvalue weighted by Crippen LogP contribution is -2.32. The quantitative estimate of drug-likeness (QED) is 0.468. The largest absolute Gasteiger partial charge is 0.464 e. The number of aromatic nitrogens is 4. The average molecular weight is 464 g/mol. The Hall–Kier alpha value is -3.26. The van der Waals surface area contributed by atoms with Crippen molar-refractivity contribution in [3.63, 3.8) is 0 Å². The number of amides is 1. The van der Waals surface area contributed by atoms with Crippen LogP contribution in [0.25, 0.3) is 0 Å². The Morgan fingerprint density at radius 1 is 1.55 bits per heavy atom. The first-order valence-corrected chi connectivity index (χ1v) is 9.04. The summed E-state index contributed by atoms with van der Waals surface area (Å²) in [5.41, 5.74) is 6.58. The molecule has 0 aliphatic heterocycles. The minimum atomic E-state index is -1.22. The van der Waals surface area contributed by atoms with Crippen LogP contribution >= 0.6 is 15.9 Å². The molecule has 29 heavy (non-hydrogen) atoms. The third-order valence-corrected chi connectivity index (χ3v) is 4.34. The van der Waals surface area contributed by atoms with E-state index in [1.54, 1.807) is 13.1 Å². The molecule has 1 unspecified atom stereocenters. The number of hydrogen-bond donors (Lipinski definition) is 1. The highest BCUT2D eigenvalue weighted by Crippen LogP contribution is 2.24. The summed E-state index contributed by atoms with van der Waals surface area (Å²) in [4.78, 5) is 21.9. The van der Waals surface area contributed by atoms with Crippen molar-refractivity contribution in [3.05, 3.63) is 52.6 Å². The van der Waals surface area contributed by atoms with E-state index >= 15 is 0 Å². The molecule has 0 saturated heterocycles. The average Bonchev–Trinajstić information content (AvgIpc) is 3.05. The molecule has 0 radical (unpaired) electrons. The molecule has 0 bridgehead atoms. The van der Waals surface area contributed by atoms with Crippen LogP contribution in [-0.2, 0) is 18.4 Å². The summed E-state index contributed by atoms with van der Waals surface area (Å²) in [5, 5.41) is 13.2. The van der Waals surface area contributed by atoms with Gasteiger partial charge in [-0.2, -0.15) is 10.4 Å². The maximum Gasteiger partial charge on any atom is 0.259 e. The van der Waals surface area contributed by atoms with Gasteiger partial charge in [0.2, 0.25) is 0 Å². The third kappa shape index (κ3) is 5.17. The fraction of sp³-hybridized carbons (Fsp3) is 0.278. The summed E-state index contributed by atoms with van der Waals surface area (Å²) in [6, 6.07) is 3.57. The van der Waals surface area contributed by atoms with Crippen molar-refractivity contribution in [2.24, 2.45) is 7.05 Å². The first kappa shape index (κ1) is 22.0. The lowest BCUT2D eigenvalue weighted by Gasteiger charge is -2.22. The zero-order valence-corrected chi connectivity index (χ0v) is 17.5. The number of alkyl halides is 1. The zero-order valence-electron chi connectivity index (χ0n) is 15.9. The Morgan fingerprint density at radius 2 is 2.24 bits per heavy atom. The monoisotopic (exact) mass is 463 g/mol. The lowest BCUT2D eigenvalue weighted by atomic mass is 10.0. The molecular weight excluding hydrogens is 445 g/mol. The molecule has 1 amide bonds. The molecule has 2 aromatic heterocycles. The Bertz CT molecular complexity index is 999. The van der Waals surface area contributed by atoms with Crippen LogP contribution < -0.4 is 10.5 Å². The molecule has 0 spiro atoms. The molecule has 0 fully saturated rings. The summed E-state index contributed by atoms with van der Waals surface area (Å²) < 4.78 is 20.8. The second-order valence-corrected chi connectivity index (χ2v) is 6.88. The van der Waals surface area contributed by atoms with Crippen LogP contribution in [0.1, 0.15) is 11.4 Å². The van der Waals surface area contributed by atoms with Gasteiger partial charge in [0, 0.05) is 25.2 Å². The van der Waals surface area contributed by atoms with Crippen molar-refractivity contribution in [2.45, 2.75) is 12.6 Å². The summed E-state index contributed by atoms with van der Waals surface area (Å²) in [5.74, 6) is -0.610. The van der Waals surface area contributed by atoms with Crippen molar-refractivity contribution >= 4 is 27.7 Å². The topological polar surface area (TPSA) is 123 Å². The maximum absolute atomic E-state index is 13.6. The molecule has 2 N–H and O–H groups in total. The first-order valence-electron chi connectivity index (χ1n) is 8.25. The molecule has 0 aromatic carbocycles. The van der Waals surface area contributed by atoms with Gasteiger partial charge in [-0.05, 0) is 22.0 Å². The number of ether oxygens (including phenoxy) is 1. The summed E-state index contributed by atoms with van der Waals surface area (Å²) in [6.45, 7) is 6.61. The second-order valence-electron chi connectivity index (χ2n) is 6.07. The third-order valence-electron chi connectivity index (χ3n) is 3.96. The number of nitriles is 1. The number of carbonyl (C=O) groups excluding carboxylic acids is 1. The summed E-state index contributed by atoms with van der Waals surface area (Å²) in [6.07, 6.45) is 0.152. The predicted molar refractivity (Wildman–Crippen MR) is 107 cm³/mol. The number of nitrogens with two attached hydrogens (primary N) is 1. The van der Waals surface area contributed by atoms with E-state index in [-0.39, 0.29) is 29.4 Å². The molecule has 2 heterocycles. The predicted octanol–water partition coefficient (Wildman–Crippen LogP) is 1.91. The number of halogens is 2. The highest BCUT2D eigenvalue weighted by molar-refractivity contribution is 9.10. The highest BCUT2D eigenvalue weighted by Gasteiger charge is 2.25. The number of nitrogens with zero attached hydrogens (tertiary/aromatic N) is 6. The van der Waals surface area contributed by atoms with Gasteiger partial charge in [0.25, 0.3) is 11.8 Å². The first-order chi connectivity index (χ1) is 13.7. The number of nitrogen functional groups attached to an aromatic ring is 1. The van der Waals surface area contributed by atoms with Gasteiger partial charge >= 0.3 is 0 Å². The SMILES string of the molecule is C=C(C(=C)C(CF)Oc1nc(Br)cnc1N)C(=O)N(C)Cc1cc(C#N)n(C)n1. The minimum Gasteiger partial charge on any atom is -0.464 e. The Labute approximate surface area is 175 Å². The van der Waals surface area contributed by atoms with Crippen LogP contribution in [0.4, 0.5) is 10.2 Å². The van der Waals surface area contributed by atoms with E-state index in [4.69, 9.17) is 15.7 Å². The van der Waals surface area contributed by atoms with Crippen molar-refractivity contribution in [1.29, 1.82) is 5.26 Å². The Morgan fingerprint density at radius 3 is 2.83 bits per heavy atom. The van der Waals surface area contributed by atoms with E-state index in [1.807, 2.05) is 6.07 Å². The van der Waals surface area contributed by atoms with Crippen molar-refractivity contribution < 1.29 is 13.9 Å². The number of likely N-dealkylation sites (N-methyl/N-ethyl adjacent to an activating group) is 1. The fourth-order valence-corrected chi connectivity index (χ4v) is 2.63. The van der Waals surface area contributed by atoms with Crippen LogP contribution in [0.5, 0.6) is 5.88 Å². The molecule has 0 aliphatic rings. The van der Waals surface area contributed by atoms with Crippen LogP contribution in [0, 0.1) is 11.3 Å².